The summed E-state index contributed by atoms with van der Waals surface area (Å²) in [6.45, 7) is 0.283. The number of aromatic nitrogens is 3. The molecular weight excluding hydrogens is 190 g/mol. The summed E-state index contributed by atoms with van der Waals surface area (Å²) in [7, 11) is 0. The first-order valence-electron chi connectivity index (χ1n) is 5.20. The Labute approximate surface area is 87.6 Å². The highest BCUT2D eigenvalue weighted by Crippen LogP contribution is 2.47. The molecule has 4 heteroatoms. The fourth-order valence-corrected chi connectivity index (χ4v) is 1.98. The lowest BCUT2D eigenvalue weighted by Gasteiger charge is -2.10. The van der Waals surface area contributed by atoms with E-state index in [1.165, 1.54) is 5.69 Å². The minimum atomic E-state index is 0.138. The van der Waals surface area contributed by atoms with Crippen molar-refractivity contribution < 1.29 is 5.11 Å². The van der Waals surface area contributed by atoms with E-state index in [4.69, 9.17) is 0 Å². The van der Waals surface area contributed by atoms with Gasteiger partial charge in [0, 0.05) is 30.9 Å². The van der Waals surface area contributed by atoms with E-state index in [2.05, 4.69) is 9.97 Å². The largest absolute Gasteiger partial charge is 0.396 e. The van der Waals surface area contributed by atoms with Crippen LogP contribution in [-0.4, -0.2) is 26.1 Å². The van der Waals surface area contributed by atoms with Crippen LogP contribution in [0.2, 0.25) is 0 Å². The average molecular weight is 203 g/mol. The number of aliphatic hydroxyl groups excluding tert-OH is 1. The van der Waals surface area contributed by atoms with Crippen molar-refractivity contribution in [1.29, 1.82) is 0 Å². The summed E-state index contributed by atoms with van der Waals surface area (Å²) in [5.74, 6) is 0. The lowest BCUT2D eigenvalue weighted by Crippen LogP contribution is -2.11. The SMILES string of the molecule is OCC1(Cc2cnc3cnccn23)CC1. The van der Waals surface area contributed by atoms with E-state index in [1.807, 2.05) is 16.8 Å². The summed E-state index contributed by atoms with van der Waals surface area (Å²) in [5.41, 5.74) is 2.18. The number of rotatable bonds is 3. The fraction of sp³-hybridized carbons (Fsp3) is 0.455. The topological polar surface area (TPSA) is 50.4 Å². The molecule has 1 saturated carbocycles. The van der Waals surface area contributed by atoms with Gasteiger partial charge in [0.05, 0.1) is 6.20 Å². The number of aliphatic hydroxyl groups is 1. The summed E-state index contributed by atoms with van der Waals surface area (Å²) in [5, 5.41) is 9.29. The van der Waals surface area contributed by atoms with Gasteiger partial charge in [-0.3, -0.25) is 4.98 Å². The summed E-state index contributed by atoms with van der Waals surface area (Å²) in [6.07, 6.45) is 10.5. The van der Waals surface area contributed by atoms with E-state index in [-0.39, 0.29) is 12.0 Å². The zero-order valence-electron chi connectivity index (χ0n) is 8.43. The zero-order chi connectivity index (χ0) is 10.3. The lowest BCUT2D eigenvalue weighted by molar-refractivity contribution is 0.210. The Kier molecular flexibility index (Phi) is 1.79. The number of imidazole rings is 1. The van der Waals surface area contributed by atoms with Gasteiger partial charge in [-0.15, -0.1) is 0 Å². The normalized spacial score (nSPS) is 18.2. The molecule has 4 nitrogen and oxygen atoms in total. The number of hydrogen-bond acceptors (Lipinski definition) is 3. The molecule has 3 rings (SSSR count). The Morgan fingerprint density at radius 2 is 2.27 bits per heavy atom. The van der Waals surface area contributed by atoms with E-state index in [9.17, 15) is 5.11 Å². The molecule has 2 aromatic rings. The van der Waals surface area contributed by atoms with Crippen LogP contribution >= 0.6 is 0 Å². The van der Waals surface area contributed by atoms with Crippen molar-refractivity contribution in [3.05, 3.63) is 30.5 Å². The summed E-state index contributed by atoms with van der Waals surface area (Å²) in [4.78, 5) is 8.31. The summed E-state index contributed by atoms with van der Waals surface area (Å²) >= 11 is 0. The first kappa shape index (κ1) is 8.85. The second kappa shape index (κ2) is 3.03. The second-order valence-corrected chi connectivity index (χ2v) is 4.39. The van der Waals surface area contributed by atoms with Crippen LogP contribution in [0.4, 0.5) is 0 Å². The maximum absolute atomic E-state index is 9.29. The predicted octanol–water partition coefficient (Wildman–Crippen LogP) is 1.04. The third kappa shape index (κ3) is 1.41. The molecule has 0 aromatic carbocycles. The molecular formula is C11H13N3O. The van der Waals surface area contributed by atoms with Gasteiger partial charge in [-0.2, -0.15) is 0 Å². The zero-order valence-corrected chi connectivity index (χ0v) is 8.43. The molecule has 2 aromatic heterocycles. The molecule has 78 valence electrons. The second-order valence-electron chi connectivity index (χ2n) is 4.39. The van der Waals surface area contributed by atoms with Crippen LogP contribution in [0.25, 0.3) is 5.65 Å². The molecule has 0 unspecified atom stereocenters. The van der Waals surface area contributed by atoms with Gasteiger partial charge < -0.3 is 9.51 Å². The van der Waals surface area contributed by atoms with Crippen LogP contribution in [0.5, 0.6) is 0 Å². The van der Waals surface area contributed by atoms with Gasteiger partial charge in [0.1, 0.15) is 0 Å². The van der Waals surface area contributed by atoms with E-state index >= 15 is 0 Å². The summed E-state index contributed by atoms with van der Waals surface area (Å²) < 4.78 is 2.04. The third-order valence-corrected chi connectivity index (χ3v) is 3.24. The molecule has 0 radical (unpaired) electrons. The van der Waals surface area contributed by atoms with Crippen LogP contribution in [-0.2, 0) is 6.42 Å². The maximum Gasteiger partial charge on any atom is 0.155 e. The smallest absolute Gasteiger partial charge is 0.155 e. The molecule has 1 fully saturated rings. The highest BCUT2D eigenvalue weighted by atomic mass is 16.3. The first-order chi connectivity index (χ1) is 7.33. The summed E-state index contributed by atoms with van der Waals surface area (Å²) in [6, 6.07) is 0. The quantitative estimate of drug-likeness (QED) is 0.811. The average Bonchev–Trinajstić information content (AvgIpc) is 2.95. The first-order valence-corrected chi connectivity index (χ1v) is 5.20. The van der Waals surface area contributed by atoms with E-state index in [1.54, 1.807) is 12.4 Å². The predicted molar refractivity (Wildman–Crippen MR) is 55.4 cm³/mol. The van der Waals surface area contributed by atoms with Crippen molar-refractivity contribution in [1.82, 2.24) is 14.4 Å². The van der Waals surface area contributed by atoms with Crippen molar-refractivity contribution in [3.63, 3.8) is 0 Å². The Hall–Kier alpha value is -1.42. The van der Waals surface area contributed by atoms with Gasteiger partial charge in [-0.1, -0.05) is 0 Å². The van der Waals surface area contributed by atoms with Crippen molar-refractivity contribution >= 4 is 5.65 Å². The molecule has 15 heavy (non-hydrogen) atoms. The van der Waals surface area contributed by atoms with Gasteiger partial charge >= 0.3 is 0 Å². The standard InChI is InChI=1S/C11H13N3O/c15-8-11(1-2-11)5-9-6-13-10-7-12-3-4-14(9)10/h3-4,6-7,15H,1-2,5,8H2. The fourth-order valence-electron chi connectivity index (χ4n) is 1.98. The molecule has 1 aliphatic rings. The van der Waals surface area contributed by atoms with Crippen LogP contribution in [0.15, 0.2) is 24.8 Å². The molecule has 1 N–H and O–H groups in total. The minimum Gasteiger partial charge on any atom is -0.396 e. The van der Waals surface area contributed by atoms with Crippen LogP contribution < -0.4 is 0 Å². The number of nitrogens with zero attached hydrogens (tertiary/aromatic N) is 3. The molecule has 0 bridgehead atoms. The third-order valence-electron chi connectivity index (χ3n) is 3.24. The minimum absolute atomic E-state index is 0.138. The molecule has 0 atom stereocenters. The highest BCUT2D eigenvalue weighted by molar-refractivity contribution is 5.37. The number of hydrogen-bond donors (Lipinski definition) is 1. The number of fused-ring (bicyclic) bond motifs is 1. The Bertz CT molecular complexity index is 487. The van der Waals surface area contributed by atoms with Gasteiger partial charge in [-0.25, -0.2) is 4.98 Å². The van der Waals surface area contributed by atoms with Crippen molar-refractivity contribution in [2.75, 3.05) is 6.61 Å². The maximum atomic E-state index is 9.29. The molecule has 2 heterocycles. The van der Waals surface area contributed by atoms with Crippen LogP contribution in [0, 0.1) is 5.41 Å². The molecule has 0 amide bonds. The Morgan fingerprint density at radius 1 is 1.40 bits per heavy atom. The molecule has 0 aliphatic heterocycles. The molecule has 0 saturated heterocycles. The van der Waals surface area contributed by atoms with Crippen molar-refractivity contribution in [3.8, 4) is 0 Å². The van der Waals surface area contributed by atoms with Crippen molar-refractivity contribution in [2.45, 2.75) is 19.3 Å². The van der Waals surface area contributed by atoms with Crippen LogP contribution in [0.1, 0.15) is 18.5 Å². The lowest BCUT2D eigenvalue weighted by atomic mass is 10.0. The van der Waals surface area contributed by atoms with E-state index in [0.717, 1.165) is 24.9 Å². The van der Waals surface area contributed by atoms with E-state index < -0.39 is 0 Å². The Morgan fingerprint density at radius 3 is 3.00 bits per heavy atom. The van der Waals surface area contributed by atoms with Gasteiger partial charge in [0.2, 0.25) is 0 Å². The van der Waals surface area contributed by atoms with Gasteiger partial charge in [-0.05, 0) is 24.7 Å². The monoisotopic (exact) mass is 203 g/mol. The molecule has 0 spiro atoms. The van der Waals surface area contributed by atoms with Crippen molar-refractivity contribution in [2.24, 2.45) is 5.41 Å². The van der Waals surface area contributed by atoms with Gasteiger partial charge in [0.15, 0.2) is 5.65 Å². The highest BCUT2D eigenvalue weighted by Gasteiger charge is 2.42. The Balaban J connectivity index is 1.98. The van der Waals surface area contributed by atoms with Gasteiger partial charge in [0.25, 0.3) is 0 Å². The van der Waals surface area contributed by atoms with E-state index in [0.29, 0.717) is 0 Å². The van der Waals surface area contributed by atoms with Crippen LogP contribution in [0.3, 0.4) is 0 Å². The molecule has 1 aliphatic carbocycles.